The van der Waals surface area contributed by atoms with Crippen molar-refractivity contribution >= 4 is 17.7 Å². The van der Waals surface area contributed by atoms with Crippen molar-refractivity contribution in [1.82, 2.24) is 15.5 Å². The number of terminal acetylenes is 1. The van der Waals surface area contributed by atoms with E-state index in [0.717, 1.165) is 5.56 Å². The highest BCUT2D eigenvalue weighted by molar-refractivity contribution is 6.05. The first kappa shape index (κ1) is 22.2. The van der Waals surface area contributed by atoms with Crippen molar-refractivity contribution < 1.29 is 14.4 Å². The Morgan fingerprint density at radius 3 is 2.48 bits per heavy atom. The molecule has 0 bridgehead atoms. The lowest BCUT2D eigenvalue weighted by Gasteiger charge is -2.24. The Hall–Kier alpha value is -3.99. The summed E-state index contributed by atoms with van der Waals surface area (Å²) in [6.07, 6.45) is 7.11. The van der Waals surface area contributed by atoms with E-state index >= 15 is 0 Å². The van der Waals surface area contributed by atoms with Gasteiger partial charge in [0.05, 0.1) is 6.54 Å². The highest BCUT2D eigenvalue weighted by Crippen LogP contribution is 2.36. The molecule has 1 unspecified atom stereocenters. The van der Waals surface area contributed by atoms with Gasteiger partial charge in [-0.25, -0.2) is 0 Å². The predicted molar refractivity (Wildman–Crippen MR) is 122 cm³/mol. The maximum Gasteiger partial charge on any atom is 0.255 e. The lowest BCUT2D eigenvalue weighted by molar-refractivity contribution is -0.129. The summed E-state index contributed by atoms with van der Waals surface area (Å²) >= 11 is 0. The number of amides is 3. The van der Waals surface area contributed by atoms with E-state index in [1.165, 1.54) is 0 Å². The molecule has 4 rings (SSSR count). The summed E-state index contributed by atoms with van der Waals surface area (Å²) in [6, 6.07) is 15.8. The zero-order valence-corrected chi connectivity index (χ0v) is 18.2. The predicted octanol–water partition coefficient (Wildman–Crippen LogP) is 2.58. The second-order valence-electron chi connectivity index (χ2n) is 8.11. The van der Waals surface area contributed by atoms with Gasteiger partial charge >= 0.3 is 0 Å². The molecule has 2 aliphatic rings. The Morgan fingerprint density at radius 2 is 1.76 bits per heavy atom. The molecule has 8 nitrogen and oxygen atoms in total. The van der Waals surface area contributed by atoms with Crippen LogP contribution >= 0.6 is 0 Å². The molecular weight excluding hydrogens is 418 g/mol. The Kier molecular flexibility index (Phi) is 6.50. The third-order valence-electron chi connectivity index (χ3n) is 5.83. The highest BCUT2D eigenvalue weighted by Gasteiger charge is 2.41. The molecule has 2 aromatic carbocycles. The molecule has 0 fully saturated rings. The Bertz CT molecular complexity index is 1120. The van der Waals surface area contributed by atoms with E-state index in [-0.39, 0.29) is 18.4 Å². The number of carbonyl (C=O) groups is 3. The monoisotopic (exact) mass is 443 g/mol. The number of hydrogen-bond acceptors (Lipinski definition) is 5. The molecule has 168 valence electrons. The van der Waals surface area contributed by atoms with Crippen LogP contribution in [0.2, 0.25) is 0 Å². The fourth-order valence-electron chi connectivity index (χ4n) is 3.99. The molecular formula is C25H25N5O3. The first-order valence-corrected chi connectivity index (χ1v) is 10.9. The van der Waals surface area contributed by atoms with Crippen LogP contribution in [0.4, 0.5) is 0 Å². The standard InChI is InChI=1S/C25H25N5O3/c1-2-3-13-25(28-29-25)14-15-26-21(31)16-27-23(32)22-19-11-7-8-12-20(19)24(33)30(22)17-18-9-5-4-6-10-18/h1,4-12,22H,3,13-17H2,(H,26,31)(H,27,32). The maximum absolute atomic E-state index is 13.1. The second-order valence-corrected chi connectivity index (χ2v) is 8.11. The molecule has 2 aromatic rings. The number of rotatable bonds is 10. The van der Waals surface area contributed by atoms with E-state index in [1.54, 1.807) is 29.2 Å². The van der Waals surface area contributed by atoms with Gasteiger partial charge in [0.15, 0.2) is 5.66 Å². The molecule has 0 saturated heterocycles. The molecule has 0 radical (unpaired) electrons. The fourth-order valence-corrected chi connectivity index (χ4v) is 3.99. The molecule has 2 aliphatic heterocycles. The second kappa shape index (κ2) is 9.65. The van der Waals surface area contributed by atoms with Gasteiger partial charge in [-0.3, -0.25) is 14.4 Å². The van der Waals surface area contributed by atoms with Crippen molar-refractivity contribution in [3.8, 4) is 12.3 Å². The molecule has 2 N–H and O–H groups in total. The van der Waals surface area contributed by atoms with E-state index in [1.807, 2.05) is 30.3 Å². The largest absolute Gasteiger partial charge is 0.354 e. The number of hydrogen-bond donors (Lipinski definition) is 2. The topological polar surface area (TPSA) is 103 Å². The van der Waals surface area contributed by atoms with Gasteiger partial charge in [-0.05, 0) is 17.2 Å². The number of nitrogens with one attached hydrogen (secondary N) is 2. The van der Waals surface area contributed by atoms with Gasteiger partial charge in [0, 0.05) is 37.9 Å². The van der Waals surface area contributed by atoms with E-state index < -0.39 is 17.6 Å². The molecule has 0 aromatic heterocycles. The van der Waals surface area contributed by atoms with Gasteiger partial charge in [-0.1, -0.05) is 48.5 Å². The first-order chi connectivity index (χ1) is 16.0. The van der Waals surface area contributed by atoms with Crippen LogP contribution in [-0.4, -0.2) is 41.4 Å². The van der Waals surface area contributed by atoms with Gasteiger partial charge in [0.2, 0.25) is 11.8 Å². The van der Waals surface area contributed by atoms with E-state index in [0.29, 0.717) is 43.5 Å². The van der Waals surface area contributed by atoms with Crippen LogP contribution in [0, 0.1) is 12.3 Å². The summed E-state index contributed by atoms with van der Waals surface area (Å²) in [5, 5.41) is 13.5. The highest BCUT2D eigenvalue weighted by atomic mass is 16.2. The Balaban J connectivity index is 1.35. The Labute approximate surface area is 192 Å². The minimum absolute atomic E-state index is 0.184. The third-order valence-corrected chi connectivity index (χ3v) is 5.83. The van der Waals surface area contributed by atoms with Crippen LogP contribution in [0.15, 0.2) is 64.8 Å². The van der Waals surface area contributed by atoms with E-state index in [9.17, 15) is 14.4 Å². The maximum atomic E-state index is 13.1. The molecule has 3 amide bonds. The number of nitrogens with zero attached hydrogens (tertiary/aromatic N) is 3. The van der Waals surface area contributed by atoms with Crippen molar-refractivity contribution in [2.24, 2.45) is 10.2 Å². The molecule has 0 saturated carbocycles. The van der Waals surface area contributed by atoms with Crippen LogP contribution in [0.5, 0.6) is 0 Å². The first-order valence-electron chi connectivity index (χ1n) is 10.9. The van der Waals surface area contributed by atoms with Gasteiger partial charge < -0.3 is 15.5 Å². The summed E-state index contributed by atoms with van der Waals surface area (Å²) in [5.41, 5.74) is 1.61. The lowest BCUT2D eigenvalue weighted by Crippen LogP contribution is -2.43. The smallest absolute Gasteiger partial charge is 0.255 e. The normalized spacial score (nSPS) is 17.2. The van der Waals surface area contributed by atoms with Crippen LogP contribution in [0.3, 0.4) is 0 Å². The zero-order valence-electron chi connectivity index (χ0n) is 18.2. The van der Waals surface area contributed by atoms with Crippen molar-refractivity contribution in [3.05, 3.63) is 71.3 Å². The van der Waals surface area contributed by atoms with Crippen molar-refractivity contribution in [2.75, 3.05) is 13.1 Å². The average molecular weight is 444 g/mol. The van der Waals surface area contributed by atoms with Crippen LogP contribution in [0.1, 0.15) is 46.8 Å². The van der Waals surface area contributed by atoms with Gasteiger partial charge in [-0.15, -0.1) is 12.3 Å². The SMILES string of the molecule is C#CCCC1(CCNC(=O)CNC(=O)C2c3ccccc3C(=O)N2Cc2ccccc2)N=N1. The fraction of sp³-hybridized carbons (Fsp3) is 0.320. The van der Waals surface area contributed by atoms with Crippen LogP contribution in [0.25, 0.3) is 0 Å². The van der Waals surface area contributed by atoms with Crippen molar-refractivity contribution in [2.45, 2.75) is 37.5 Å². The minimum atomic E-state index is -0.794. The summed E-state index contributed by atoms with van der Waals surface area (Å²) in [5.74, 6) is 1.66. The van der Waals surface area contributed by atoms with Gasteiger partial charge in [-0.2, -0.15) is 10.2 Å². The number of fused-ring (bicyclic) bond motifs is 1. The summed E-state index contributed by atoms with van der Waals surface area (Å²) in [4.78, 5) is 39.9. The van der Waals surface area contributed by atoms with Crippen LogP contribution < -0.4 is 10.6 Å². The summed E-state index contributed by atoms with van der Waals surface area (Å²) in [7, 11) is 0. The third kappa shape index (κ3) is 5.09. The molecule has 1 atom stereocenters. The lowest BCUT2D eigenvalue weighted by atomic mass is 10.0. The molecule has 0 spiro atoms. The van der Waals surface area contributed by atoms with Gasteiger partial charge in [0.1, 0.15) is 6.04 Å². The zero-order chi connectivity index (χ0) is 23.3. The molecule has 0 aliphatic carbocycles. The Morgan fingerprint density at radius 1 is 1.03 bits per heavy atom. The number of carbonyl (C=O) groups excluding carboxylic acids is 3. The quantitative estimate of drug-likeness (QED) is 0.552. The van der Waals surface area contributed by atoms with E-state index in [4.69, 9.17) is 6.42 Å². The molecule has 2 heterocycles. The summed E-state index contributed by atoms with van der Waals surface area (Å²) < 4.78 is 0. The van der Waals surface area contributed by atoms with Crippen molar-refractivity contribution in [3.63, 3.8) is 0 Å². The summed E-state index contributed by atoms with van der Waals surface area (Å²) in [6.45, 7) is 0.499. The average Bonchev–Trinajstić information content (AvgIpc) is 3.55. The van der Waals surface area contributed by atoms with E-state index in [2.05, 4.69) is 26.8 Å². The van der Waals surface area contributed by atoms with Gasteiger partial charge in [0.25, 0.3) is 5.91 Å². The van der Waals surface area contributed by atoms with Crippen molar-refractivity contribution in [1.29, 1.82) is 0 Å². The molecule has 33 heavy (non-hydrogen) atoms. The molecule has 8 heteroatoms. The number of benzene rings is 2. The van der Waals surface area contributed by atoms with Crippen LogP contribution in [-0.2, 0) is 16.1 Å². The minimum Gasteiger partial charge on any atom is -0.354 e.